The van der Waals surface area contributed by atoms with Gasteiger partial charge in [-0.2, -0.15) is 0 Å². The van der Waals surface area contributed by atoms with E-state index in [0.29, 0.717) is 25.2 Å². The predicted octanol–water partition coefficient (Wildman–Crippen LogP) is 1.47. The summed E-state index contributed by atoms with van der Waals surface area (Å²) in [4.78, 5) is 23.1. The van der Waals surface area contributed by atoms with Crippen molar-refractivity contribution >= 4 is 22.8 Å². The summed E-state index contributed by atoms with van der Waals surface area (Å²) in [5.74, 6) is 0.313. The van der Waals surface area contributed by atoms with Gasteiger partial charge in [-0.3, -0.25) is 9.00 Å². The molecule has 0 saturated carbocycles. The van der Waals surface area contributed by atoms with E-state index in [4.69, 9.17) is 4.74 Å². The molecular formula is C17H22N2O4S. The molecule has 2 fully saturated rings. The van der Waals surface area contributed by atoms with Gasteiger partial charge in [-0.05, 0) is 18.4 Å². The maximum atomic E-state index is 12.1. The van der Waals surface area contributed by atoms with Crippen LogP contribution in [0, 0.1) is 0 Å². The Morgan fingerprint density at radius 1 is 1.21 bits per heavy atom. The van der Waals surface area contributed by atoms with Crippen LogP contribution in [-0.4, -0.2) is 39.3 Å². The monoisotopic (exact) mass is 350 g/mol. The molecule has 2 aliphatic rings. The third-order valence-electron chi connectivity index (χ3n) is 4.49. The molecule has 2 aliphatic heterocycles. The van der Waals surface area contributed by atoms with E-state index in [-0.39, 0.29) is 29.3 Å². The molecule has 130 valence electrons. The van der Waals surface area contributed by atoms with E-state index in [2.05, 4.69) is 10.6 Å². The minimum Gasteiger partial charge on any atom is -0.461 e. The van der Waals surface area contributed by atoms with Crippen LogP contribution in [0.2, 0.25) is 0 Å². The highest BCUT2D eigenvalue weighted by molar-refractivity contribution is 7.86. The zero-order chi connectivity index (χ0) is 16.9. The Kier molecular flexibility index (Phi) is 5.50. The maximum absolute atomic E-state index is 12.1. The van der Waals surface area contributed by atoms with Crippen molar-refractivity contribution in [3.8, 4) is 0 Å². The molecule has 24 heavy (non-hydrogen) atoms. The number of hydrogen-bond donors (Lipinski definition) is 2. The van der Waals surface area contributed by atoms with Crippen LogP contribution in [0.1, 0.15) is 31.2 Å². The maximum Gasteiger partial charge on any atom is 0.315 e. The van der Waals surface area contributed by atoms with Crippen LogP contribution in [-0.2, 0) is 26.9 Å². The molecule has 6 nitrogen and oxygen atoms in total. The number of fused-ring (bicyclic) bond motifs is 1. The molecule has 2 heterocycles. The number of rotatable bonds is 7. The Balaban J connectivity index is 1.34. The molecule has 1 aromatic rings. The van der Waals surface area contributed by atoms with E-state index in [9.17, 15) is 13.8 Å². The molecule has 0 spiro atoms. The molecule has 2 saturated heterocycles. The van der Waals surface area contributed by atoms with Crippen LogP contribution in [0.25, 0.3) is 0 Å². The van der Waals surface area contributed by atoms with Gasteiger partial charge in [-0.15, -0.1) is 0 Å². The number of carbonyl (C=O) groups excluding carboxylic acids is 2. The van der Waals surface area contributed by atoms with Crippen molar-refractivity contribution in [2.24, 2.45) is 0 Å². The van der Waals surface area contributed by atoms with E-state index in [1.54, 1.807) is 0 Å². The quantitative estimate of drug-likeness (QED) is 0.443. The number of carbonyl (C=O) groups is 2. The lowest BCUT2D eigenvalue weighted by Gasteiger charge is -2.15. The molecule has 0 radical (unpaired) electrons. The van der Waals surface area contributed by atoms with Crippen molar-refractivity contribution in [1.29, 1.82) is 0 Å². The first kappa shape index (κ1) is 17.0. The molecule has 0 aliphatic carbocycles. The summed E-state index contributed by atoms with van der Waals surface area (Å²) in [6, 6.07) is 9.36. The Bertz CT molecular complexity index is 622. The number of ether oxygens (including phenoxy) is 1. The predicted molar refractivity (Wildman–Crippen MR) is 90.7 cm³/mol. The lowest BCUT2D eigenvalue weighted by Crippen LogP contribution is -2.38. The summed E-state index contributed by atoms with van der Waals surface area (Å²) < 4.78 is 17.3. The van der Waals surface area contributed by atoms with Gasteiger partial charge in [0.2, 0.25) is 0 Å². The Morgan fingerprint density at radius 3 is 2.79 bits per heavy atom. The highest BCUT2D eigenvalue weighted by Gasteiger charge is 2.46. The van der Waals surface area contributed by atoms with Crippen LogP contribution in [0.5, 0.6) is 0 Å². The topological polar surface area (TPSA) is 84.5 Å². The number of amides is 2. The molecule has 7 heteroatoms. The SMILES string of the molecule is O=C1N[C@H]2[C@H](C[S@](=O)[C@H]2CCCCC(=O)OCc2ccccc2)N1. The number of hydrogen-bond acceptors (Lipinski definition) is 4. The van der Waals surface area contributed by atoms with Gasteiger partial charge in [0.15, 0.2) is 0 Å². The smallest absolute Gasteiger partial charge is 0.315 e. The van der Waals surface area contributed by atoms with Crippen LogP contribution >= 0.6 is 0 Å². The Labute approximate surface area is 143 Å². The molecule has 2 amide bonds. The summed E-state index contributed by atoms with van der Waals surface area (Å²) in [5.41, 5.74) is 0.975. The lowest BCUT2D eigenvalue weighted by molar-refractivity contribution is -0.145. The molecule has 0 bridgehead atoms. The van der Waals surface area contributed by atoms with Gasteiger partial charge < -0.3 is 15.4 Å². The second-order valence-electron chi connectivity index (χ2n) is 6.23. The van der Waals surface area contributed by atoms with E-state index in [0.717, 1.165) is 18.4 Å². The van der Waals surface area contributed by atoms with Crippen molar-refractivity contribution in [2.45, 2.75) is 49.6 Å². The number of urea groups is 1. The standard InChI is InChI=1S/C17H22N2O4S/c20-15(23-10-12-6-2-1-3-7-12)9-5-4-8-14-16-13(11-24(14)22)18-17(21)19-16/h1-3,6-7,13-14,16H,4-5,8-11H2,(H2,18,19,21)/t13-,14-,16-,24-/m0/s1. The summed E-state index contributed by atoms with van der Waals surface area (Å²) >= 11 is 0. The highest BCUT2D eigenvalue weighted by atomic mass is 32.2. The Morgan fingerprint density at radius 2 is 2.00 bits per heavy atom. The summed E-state index contributed by atoms with van der Waals surface area (Å²) in [6.07, 6.45) is 2.63. The van der Waals surface area contributed by atoms with Gasteiger partial charge in [-0.25, -0.2) is 4.79 Å². The zero-order valence-electron chi connectivity index (χ0n) is 13.4. The van der Waals surface area contributed by atoms with Gasteiger partial charge in [0.05, 0.1) is 17.3 Å². The lowest BCUT2D eigenvalue weighted by atomic mass is 10.0. The van der Waals surface area contributed by atoms with Gasteiger partial charge in [0, 0.05) is 23.0 Å². The van der Waals surface area contributed by atoms with Gasteiger partial charge in [0.25, 0.3) is 0 Å². The third kappa shape index (κ3) is 4.14. The molecular weight excluding hydrogens is 328 g/mol. The minimum atomic E-state index is -0.920. The van der Waals surface area contributed by atoms with Crippen molar-refractivity contribution in [3.63, 3.8) is 0 Å². The van der Waals surface area contributed by atoms with E-state index in [1.165, 1.54) is 0 Å². The molecule has 3 rings (SSSR count). The van der Waals surface area contributed by atoms with Crippen molar-refractivity contribution in [3.05, 3.63) is 35.9 Å². The Hall–Kier alpha value is -1.89. The van der Waals surface area contributed by atoms with Crippen LogP contribution in [0.4, 0.5) is 4.79 Å². The first-order valence-electron chi connectivity index (χ1n) is 8.27. The fourth-order valence-corrected chi connectivity index (χ4v) is 5.16. The fourth-order valence-electron chi connectivity index (χ4n) is 3.25. The average Bonchev–Trinajstić information content (AvgIpc) is 3.06. The number of esters is 1. The molecule has 1 aromatic carbocycles. The molecule has 0 aromatic heterocycles. The van der Waals surface area contributed by atoms with Gasteiger partial charge in [-0.1, -0.05) is 36.8 Å². The summed E-state index contributed by atoms with van der Waals surface area (Å²) in [6.45, 7) is 0.299. The largest absolute Gasteiger partial charge is 0.461 e. The summed E-state index contributed by atoms with van der Waals surface area (Å²) in [7, 11) is -0.920. The van der Waals surface area contributed by atoms with Crippen LogP contribution in [0.3, 0.4) is 0 Å². The van der Waals surface area contributed by atoms with E-state index in [1.807, 2.05) is 30.3 Å². The zero-order valence-corrected chi connectivity index (χ0v) is 14.2. The van der Waals surface area contributed by atoms with Crippen molar-refractivity contribution < 1.29 is 18.5 Å². The second-order valence-corrected chi connectivity index (χ2v) is 7.93. The van der Waals surface area contributed by atoms with Crippen LogP contribution in [0.15, 0.2) is 30.3 Å². The third-order valence-corrected chi connectivity index (χ3v) is 6.38. The first-order valence-corrected chi connectivity index (χ1v) is 9.65. The summed E-state index contributed by atoms with van der Waals surface area (Å²) in [5, 5.41) is 5.63. The van der Waals surface area contributed by atoms with Crippen molar-refractivity contribution in [1.82, 2.24) is 10.6 Å². The number of benzene rings is 1. The second kappa shape index (κ2) is 7.79. The highest BCUT2D eigenvalue weighted by Crippen LogP contribution is 2.25. The van der Waals surface area contributed by atoms with E-state index >= 15 is 0 Å². The number of nitrogens with one attached hydrogen (secondary N) is 2. The van der Waals surface area contributed by atoms with Gasteiger partial charge >= 0.3 is 12.0 Å². The molecule has 0 unspecified atom stereocenters. The fraction of sp³-hybridized carbons (Fsp3) is 0.529. The molecule has 2 N–H and O–H groups in total. The van der Waals surface area contributed by atoms with Crippen molar-refractivity contribution in [2.75, 3.05) is 5.75 Å². The molecule has 4 atom stereocenters. The first-order chi connectivity index (χ1) is 11.6. The van der Waals surface area contributed by atoms with Crippen LogP contribution < -0.4 is 10.6 Å². The normalized spacial score (nSPS) is 28.1. The minimum absolute atomic E-state index is 0.0147. The van der Waals surface area contributed by atoms with E-state index < -0.39 is 10.8 Å². The average molecular weight is 350 g/mol. The number of unbranched alkanes of at least 4 members (excludes halogenated alkanes) is 1. The van der Waals surface area contributed by atoms with Gasteiger partial charge in [0.1, 0.15) is 6.61 Å².